The van der Waals surface area contributed by atoms with Crippen molar-refractivity contribution in [3.8, 4) is 0 Å². The molecule has 1 aliphatic rings. The van der Waals surface area contributed by atoms with Gasteiger partial charge in [-0.1, -0.05) is 38.1 Å². The Morgan fingerprint density at radius 2 is 2.00 bits per heavy atom. The van der Waals surface area contributed by atoms with E-state index in [9.17, 15) is 9.90 Å². The predicted molar refractivity (Wildman–Crippen MR) is 72.6 cm³/mol. The smallest absolute Gasteiger partial charge is 0.309 e. The fraction of sp³-hybridized carbons (Fsp3) is 0.562. The normalized spacial score (nSPS) is 22.8. The molecule has 0 saturated carbocycles. The van der Waals surface area contributed by atoms with Gasteiger partial charge >= 0.3 is 5.97 Å². The van der Waals surface area contributed by atoms with Crippen LogP contribution in [0.15, 0.2) is 24.3 Å². The second-order valence-corrected chi connectivity index (χ2v) is 5.96. The summed E-state index contributed by atoms with van der Waals surface area (Å²) in [6.45, 7) is 4.32. The molecule has 0 amide bonds. The third kappa shape index (κ3) is 2.58. The van der Waals surface area contributed by atoms with Gasteiger partial charge in [-0.05, 0) is 49.1 Å². The maximum atomic E-state index is 11.7. The van der Waals surface area contributed by atoms with Crippen molar-refractivity contribution in [3.05, 3.63) is 35.4 Å². The van der Waals surface area contributed by atoms with Crippen LogP contribution >= 0.6 is 0 Å². The Labute approximate surface area is 109 Å². The molecule has 0 fully saturated rings. The molecule has 1 aliphatic carbocycles. The van der Waals surface area contributed by atoms with Crippen LogP contribution in [-0.2, 0) is 17.6 Å². The molecule has 2 rings (SSSR count). The van der Waals surface area contributed by atoms with Crippen molar-refractivity contribution in [3.63, 3.8) is 0 Å². The molecule has 0 aliphatic heterocycles. The first-order chi connectivity index (χ1) is 8.53. The van der Waals surface area contributed by atoms with Crippen molar-refractivity contribution < 1.29 is 9.90 Å². The number of rotatable bonds is 4. The second kappa shape index (κ2) is 5.13. The molecular weight excluding hydrogens is 224 g/mol. The van der Waals surface area contributed by atoms with E-state index in [1.165, 1.54) is 11.1 Å². The number of hydrogen-bond acceptors (Lipinski definition) is 1. The van der Waals surface area contributed by atoms with Gasteiger partial charge in [-0.15, -0.1) is 0 Å². The van der Waals surface area contributed by atoms with Gasteiger partial charge in [0.15, 0.2) is 0 Å². The number of hydrogen-bond donors (Lipinski definition) is 1. The third-order valence-corrected chi connectivity index (χ3v) is 4.17. The van der Waals surface area contributed by atoms with Gasteiger partial charge in [-0.25, -0.2) is 0 Å². The highest BCUT2D eigenvalue weighted by Gasteiger charge is 2.40. The van der Waals surface area contributed by atoms with Gasteiger partial charge in [0.05, 0.1) is 5.41 Å². The fourth-order valence-electron chi connectivity index (χ4n) is 2.87. The average molecular weight is 246 g/mol. The van der Waals surface area contributed by atoms with E-state index in [0.29, 0.717) is 12.3 Å². The molecule has 0 aromatic heterocycles. The minimum Gasteiger partial charge on any atom is -0.481 e. The van der Waals surface area contributed by atoms with Crippen molar-refractivity contribution >= 4 is 5.97 Å². The Balaban J connectivity index is 2.21. The van der Waals surface area contributed by atoms with Crippen molar-refractivity contribution in [2.75, 3.05) is 0 Å². The lowest BCUT2D eigenvalue weighted by Crippen LogP contribution is -2.37. The maximum Gasteiger partial charge on any atom is 0.309 e. The zero-order valence-electron chi connectivity index (χ0n) is 11.3. The highest BCUT2D eigenvalue weighted by atomic mass is 16.4. The van der Waals surface area contributed by atoms with Gasteiger partial charge in [-0.3, -0.25) is 4.79 Å². The van der Waals surface area contributed by atoms with E-state index in [1.54, 1.807) is 0 Å². The van der Waals surface area contributed by atoms with E-state index in [4.69, 9.17) is 0 Å². The fourth-order valence-corrected chi connectivity index (χ4v) is 2.87. The molecule has 0 spiro atoms. The first kappa shape index (κ1) is 13.1. The van der Waals surface area contributed by atoms with E-state index >= 15 is 0 Å². The summed E-state index contributed by atoms with van der Waals surface area (Å²) in [5.74, 6) is -0.0453. The molecule has 2 nitrogen and oxygen atoms in total. The topological polar surface area (TPSA) is 37.3 Å². The molecule has 1 atom stereocenters. The first-order valence-electron chi connectivity index (χ1n) is 6.84. The standard InChI is InChI=1S/C16H22O2/c1-12(2)7-9-16(15(17)18)10-8-13-5-3-4-6-14(13)11-16/h3-6,12H,7-11H2,1-2H3,(H,17,18). The SMILES string of the molecule is CC(C)CCC1(C(=O)O)CCc2ccccc2C1. The molecular formula is C16H22O2. The van der Waals surface area contributed by atoms with Crippen LogP contribution in [0.5, 0.6) is 0 Å². The first-order valence-corrected chi connectivity index (χ1v) is 6.84. The molecule has 0 saturated heterocycles. The summed E-state index contributed by atoms with van der Waals surface area (Å²) in [5, 5.41) is 9.63. The number of benzene rings is 1. The van der Waals surface area contributed by atoms with E-state index in [-0.39, 0.29) is 0 Å². The summed E-state index contributed by atoms with van der Waals surface area (Å²) in [5.41, 5.74) is 2.03. The molecule has 0 bridgehead atoms. The summed E-state index contributed by atoms with van der Waals surface area (Å²) in [6.07, 6.45) is 4.18. The zero-order valence-corrected chi connectivity index (χ0v) is 11.3. The van der Waals surface area contributed by atoms with Crippen molar-refractivity contribution in [1.29, 1.82) is 0 Å². The molecule has 2 heteroatoms. The van der Waals surface area contributed by atoms with Gasteiger partial charge in [0.1, 0.15) is 0 Å². The van der Waals surface area contributed by atoms with Gasteiger partial charge in [0.25, 0.3) is 0 Å². The van der Waals surface area contributed by atoms with Crippen LogP contribution in [0, 0.1) is 11.3 Å². The lowest BCUT2D eigenvalue weighted by atomic mass is 9.68. The molecule has 1 aromatic rings. The number of carboxylic acids is 1. The molecule has 0 heterocycles. The lowest BCUT2D eigenvalue weighted by Gasteiger charge is -2.35. The highest BCUT2D eigenvalue weighted by molar-refractivity contribution is 5.75. The minimum atomic E-state index is -0.613. The van der Waals surface area contributed by atoms with Crippen LogP contribution in [0.3, 0.4) is 0 Å². The van der Waals surface area contributed by atoms with E-state index < -0.39 is 11.4 Å². The van der Waals surface area contributed by atoms with Gasteiger partial charge in [0, 0.05) is 0 Å². The van der Waals surface area contributed by atoms with Crippen LogP contribution in [0.2, 0.25) is 0 Å². The number of fused-ring (bicyclic) bond motifs is 1. The maximum absolute atomic E-state index is 11.7. The highest BCUT2D eigenvalue weighted by Crippen LogP contribution is 2.40. The predicted octanol–water partition coefficient (Wildman–Crippen LogP) is 3.68. The van der Waals surface area contributed by atoms with E-state index in [2.05, 4.69) is 26.0 Å². The summed E-state index contributed by atoms with van der Waals surface area (Å²) in [4.78, 5) is 11.7. The van der Waals surface area contributed by atoms with E-state index in [0.717, 1.165) is 25.7 Å². The Hall–Kier alpha value is -1.31. The Kier molecular flexibility index (Phi) is 3.74. The molecule has 1 aromatic carbocycles. The second-order valence-electron chi connectivity index (χ2n) is 5.96. The molecule has 1 N–H and O–H groups in total. The molecule has 0 radical (unpaired) electrons. The zero-order chi connectivity index (χ0) is 13.2. The summed E-state index contributed by atoms with van der Waals surface area (Å²) >= 11 is 0. The number of carboxylic acid groups (broad SMARTS) is 1. The lowest BCUT2D eigenvalue weighted by molar-refractivity contribution is -0.150. The van der Waals surface area contributed by atoms with Crippen LogP contribution < -0.4 is 0 Å². The van der Waals surface area contributed by atoms with Gasteiger partial charge in [0.2, 0.25) is 0 Å². The number of aliphatic carboxylic acids is 1. The van der Waals surface area contributed by atoms with Crippen LogP contribution in [0.25, 0.3) is 0 Å². The van der Waals surface area contributed by atoms with Crippen molar-refractivity contribution in [2.45, 2.75) is 46.0 Å². The van der Waals surface area contributed by atoms with Crippen LogP contribution in [0.4, 0.5) is 0 Å². The molecule has 18 heavy (non-hydrogen) atoms. The Bertz CT molecular complexity index is 436. The molecule has 1 unspecified atom stereocenters. The van der Waals surface area contributed by atoms with Gasteiger partial charge in [-0.2, -0.15) is 0 Å². The van der Waals surface area contributed by atoms with E-state index in [1.807, 2.05) is 12.1 Å². The van der Waals surface area contributed by atoms with Gasteiger partial charge < -0.3 is 5.11 Å². The summed E-state index contributed by atoms with van der Waals surface area (Å²) in [6, 6.07) is 8.27. The quantitative estimate of drug-likeness (QED) is 0.879. The average Bonchev–Trinajstić information content (AvgIpc) is 2.36. The molecule has 98 valence electrons. The van der Waals surface area contributed by atoms with Crippen LogP contribution in [0.1, 0.15) is 44.2 Å². The summed E-state index contributed by atoms with van der Waals surface area (Å²) < 4.78 is 0. The minimum absolute atomic E-state index is 0.529. The monoisotopic (exact) mass is 246 g/mol. The third-order valence-electron chi connectivity index (χ3n) is 4.17. The van der Waals surface area contributed by atoms with Crippen molar-refractivity contribution in [2.24, 2.45) is 11.3 Å². The Morgan fingerprint density at radius 1 is 1.33 bits per heavy atom. The van der Waals surface area contributed by atoms with Crippen LogP contribution in [-0.4, -0.2) is 11.1 Å². The largest absolute Gasteiger partial charge is 0.481 e. The van der Waals surface area contributed by atoms with Crippen molar-refractivity contribution in [1.82, 2.24) is 0 Å². The number of carbonyl (C=O) groups is 1. The number of aryl methyl sites for hydroxylation is 1. The summed E-state index contributed by atoms with van der Waals surface area (Å²) in [7, 11) is 0. The Morgan fingerprint density at radius 3 is 2.61 bits per heavy atom.